The molecule has 0 radical (unpaired) electrons. The average Bonchev–Trinajstić information content (AvgIpc) is 2.41. The van der Waals surface area contributed by atoms with Crippen LogP contribution in [0.4, 0.5) is 4.39 Å². The maximum atomic E-state index is 13.6. The first kappa shape index (κ1) is 15.9. The van der Waals surface area contributed by atoms with E-state index in [2.05, 4.69) is 5.32 Å². The highest BCUT2D eigenvalue weighted by Gasteiger charge is 2.16. The Hall–Kier alpha value is -2.11. The summed E-state index contributed by atoms with van der Waals surface area (Å²) in [5.74, 6) is -1.80. The van der Waals surface area contributed by atoms with Gasteiger partial charge in [0.25, 0.3) is 5.91 Å². The molecule has 0 spiro atoms. The molecule has 0 aliphatic carbocycles. The predicted octanol–water partition coefficient (Wildman–Crippen LogP) is 2.21. The van der Waals surface area contributed by atoms with E-state index < -0.39 is 17.7 Å². The van der Waals surface area contributed by atoms with Crippen LogP contribution in [0.2, 0.25) is 0 Å². The van der Waals surface area contributed by atoms with Gasteiger partial charge in [0.15, 0.2) is 0 Å². The van der Waals surface area contributed by atoms with Gasteiger partial charge in [-0.1, -0.05) is 12.5 Å². The van der Waals surface area contributed by atoms with Crippen molar-refractivity contribution in [2.75, 3.05) is 13.7 Å². The second kappa shape index (κ2) is 8.14. The van der Waals surface area contributed by atoms with E-state index in [1.54, 1.807) is 0 Å². The molecular weight excluding hydrogens is 265 g/mol. The Labute approximate surface area is 116 Å². The zero-order valence-electron chi connectivity index (χ0n) is 11.3. The highest BCUT2D eigenvalue weighted by Crippen LogP contribution is 2.20. The van der Waals surface area contributed by atoms with E-state index in [4.69, 9.17) is 9.84 Å². The molecule has 0 fully saturated rings. The molecule has 0 bridgehead atoms. The van der Waals surface area contributed by atoms with Crippen LogP contribution in [0.15, 0.2) is 18.2 Å². The molecule has 110 valence electrons. The average molecular weight is 283 g/mol. The van der Waals surface area contributed by atoms with E-state index >= 15 is 0 Å². The number of carboxylic acid groups (broad SMARTS) is 1. The van der Waals surface area contributed by atoms with Gasteiger partial charge in [0.1, 0.15) is 17.1 Å². The van der Waals surface area contributed by atoms with Gasteiger partial charge in [0.2, 0.25) is 0 Å². The number of nitrogens with one attached hydrogen (secondary N) is 1. The van der Waals surface area contributed by atoms with Crippen LogP contribution in [0, 0.1) is 5.82 Å². The number of carbonyl (C=O) groups is 2. The third-order valence-corrected chi connectivity index (χ3v) is 2.78. The molecule has 0 saturated carbocycles. The molecule has 0 aromatic heterocycles. The molecule has 0 saturated heterocycles. The third kappa shape index (κ3) is 4.87. The van der Waals surface area contributed by atoms with Crippen LogP contribution in [0.5, 0.6) is 5.75 Å². The van der Waals surface area contributed by atoms with Gasteiger partial charge >= 0.3 is 5.97 Å². The topological polar surface area (TPSA) is 75.6 Å². The molecule has 1 aromatic carbocycles. The van der Waals surface area contributed by atoms with Crippen molar-refractivity contribution >= 4 is 11.9 Å². The molecular formula is C14H18FNO4. The van der Waals surface area contributed by atoms with Gasteiger partial charge in [-0.3, -0.25) is 9.59 Å². The Balaban J connectivity index is 2.42. The normalized spacial score (nSPS) is 10.1. The van der Waals surface area contributed by atoms with Gasteiger partial charge in [-0.05, 0) is 25.0 Å². The summed E-state index contributed by atoms with van der Waals surface area (Å²) in [5.41, 5.74) is -0.111. The minimum atomic E-state index is -0.829. The summed E-state index contributed by atoms with van der Waals surface area (Å²) in [6.07, 6.45) is 2.03. The highest BCUT2D eigenvalue weighted by molar-refractivity contribution is 5.97. The molecule has 0 atom stereocenters. The monoisotopic (exact) mass is 283 g/mol. The second-order valence-electron chi connectivity index (χ2n) is 4.28. The van der Waals surface area contributed by atoms with Crippen LogP contribution in [-0.2, 0) is 4.79 Å². The van der Waals surface area contributed by atoms with Crippen LogP contribution >= 0.6 is 0 Å². The van der Waals surface area contributed by atoms with E-state index in [0.29, 0.717) is 25.8 Å². The fourth-order valence-corrected chi connectivity index (χ4v) is 1.76. The first-order valence-corrected chi connectivity index (χ1v) is 6.38. The quantitative estimate of drug-likeness (QED) is 0.717. The lowest BCUT2D eigenvalue weighted by atomic mass is 10.1. The van der Waals surface area contributed by atoms with Crippen LogP contribution in [0.25, 0.3) is 0 Å². The van der Waals surface area contributed by atoms with E-state index in [1.807, 2.05) is 0 Å². The van der Waals surface area contributed by atoms with Crippen molar-refractivity contribution in [1.82, 2.24) is 5.32 Å². The maximum absolute atomic E-state index is 13.6. The predicted molar refractivity (Wildman–Crippen MR) is 71.4 cm³/mol. The number of amides is 1. The number of carbonyl (C=O) groups excluding carboxylic acids is 1. The molecule has 1 amide bonds. The molecule has 20 heavy (non-hydrogen) atoms. The van der Waals surface area contributed by atoms with Gasteiger partial charge < -0.3 is 15.2 Å². The number of hydrogen-bond acceptors (Lipinski definition) is 3. The van der Waals surface area contributed by atoms with Crippen LogP contribution in [0.3, 0.4) is 0 Å². The summed E-state index contributed by atoms with van der Waals surface area (Å²) in [5, 5.41) is 11.1. The summed E-state index contributed by atoms with van der Waals surface area (Å²) < 4.78 is 18.6. The van der Waals surface area contributed by atoms with Crippen molar-refractivity contribution in [1.29, 1.82) is 0 Å². The molecule has 1 aromatic rings. The number of ether oxygens (including phenoxy) is 1. The third-order valence-electron chi connectivity index (χ3n) is 2.78. The minimum Gasteiger partial charge on any atom is -0.496 e. The van der Waals surface area contributed by atoms with Crippen LogP contribution < -0.4 is 10.1 Å². The number of benzene rings is 1. The van der Waals surface area contributed by atoms with Gasteiger partial charge in [-0.15, -0.1) is 0 Å². The number of aliphatic carboxylic acids is 1. The summed E-state index contributed by atoms with van der Waals surface area (Å²) in [6, 6.07) is 4.19. The minimum absolute atomic E-state index is 0.111. The van der Waals surface area contributed by atoms with Gasteiger partial charge in [-0.2, -0.15) is 0 Å². The van der Waals surface area contributed by atoms with E-state index in [-0.39, 0.29) is 17.7 Å². The Morgan fingerprint density at radius 2 is 2.05 bits per heavy atom. The summed E-state index contributed by atoms with van der Waals surface area (Å²) in [6.45, 7) is 0.371. The van der Waals surface area contributed by atoms with Crippen molar-refractivity contribution in [3.05, 3.63) is 29.6 Å². The van der Waals surface area contributed by atoms with Crippen molar-refractivity contribution in [2.24, 2.45) is 0 Å². The largest absolute Gasteiger partial charge is 0.496 e. The molecule has 6 heteroatoms. The Morgan fingerprint density at radius 3 is 2.70 bits per heavy atom. The fraction of sp³-hybridized carbons (Fsp3) is 0.429. The lowest BCUT2D eigenvalue weighted by Crippen LogP contribution is -2.26. The fourth-order valence-electron chi connectivity index (χ4n) is 1.76. The van der Waals surface area contributed by atoms with Crippen molar-refractivity contribution < 1.29 is 23.8 Å². The van der Waals surface area contributed by atoms with Gasteiger partial charge in [0.05, 0.1) is 7.11 Å². The molecule has 0 aliphatic rings. The van der Waals surface area contributed by atoms with Gasteiger partial charge in [0, 0.05) is 13.0 Å². The van der Waals surface area contributed by atoms with Crippen molar-refractivity contribution in [2.45, 2.75) is 25.7 Å². The second-order valence-corrected chi connectivity index (χ2v) is 4.28. The summed E-state index contributed by atoms with van der Waals surface area (Å²) >= 11 is 0. The smallest absolute Gasteiger partial charge is 0.303 e. The number of methoxy groups -OCH3 is 1. The van der Waals surface area contributed by atoms with Crippen LogP contribution in [0.1, 0.15) is 36.0 Å². The van der Waals surface area contributed by atoms with Gasteiger partial charge in [-0.25, -0.2) is 4.39 Å². The number of unbranched alkanes of at least 4 members (excludes halogenated alkanes) is 2. The maximum Gasteiger partial charge on any atom is 0.303 e. The Morgan fingerprint density at radius 1 is 1.30 bits per heavy atom. The number of hydrogen-bond donors (Lipinski definition) is 2. The summed E-state index contributed by atoms with van der Waals surface area (Å²) in [4.78, 5) is 22.2. The van der Waals surface area contributed by atoms with Crippen molar-refractivity contribution in [3.8, 4) is 5.75 Å². The molecule has 0 heterocycles. The lowest BCUT2D eigenvalue weighted by Gasteiger charge is -2.09. The van der Waals surface area contributed by atoms with E-state index in [9.17, 15) is 14.0 Å². The zero-order valence-corrected chi connectivity index (χ0v) is 11.3. The van der Waals surface area contributed by atoms with E-state index in [0.717, 1.165) is 0 Å². The molecule has 0 unspecified atom stereocenters. The highest BCUT2D eigenvalue weighted by atomic mass is 19.1. The Kier molecular flexibility index (Phi) is 6.49. The first-order valence-electron chi connectivity index (χ1n) is 6.38. The zero-order chi connectivity index (χ0) is 15.0. The first-order chi connectivity index (χ1) is 9.56. The number of halogens is 1. The van der Waals surface area contributed by atoms with Crippen molar-refractivity contribution in [3.63, 3.8) is 0 Å². The van der Waals surface area contributed by atoms with E-state index in [1.165, 1.54) is 25.3 Å². The number of rotatable bonds is 8. The Bertz CT molecular complexity index is 476. The van der Waals surface area contributed by atoms with Crippen LogP contribution in [-0.4, -0.2) is 30.6 Å². The molecule has 0 aliphatic heterocycles. The molecule has 1 rings (SSSR count). The molecule has 5 nitrogen and oxygen atoms in total. The standard InChI is InChI=1S/C14H18FNO4/c1-20-11-7-5-6-10(15)13(11)14(19)16-9-4-2-3-8-12(17)18/h5-7H,2-4,8-9H2,1H3,(H,16,19)(H,17,18). The number of carboxylic acids is 1. The summed E-state index contributed by atoms with van der Waals surface area (Å²) in [7, 11) is 1.37. The SMILES string of the molecule is COc1cccc(F)c1C(=O)NCCCCCC(=O)O. The molecule has 2 N–H and O–H groups in total. The lowest BCUT2D eigenvalue weighted by molar-refractivity contribution is -0.137.